The summed E-state index contributed by atoms with van der Waals surface area (Å²) in [6.45, 7) is 4.18. The number of nitrogens with one attached hydrogen (secondary N) is 2. The van der Waals surface area contributed by atoms with Crippen molar-refractivity contribution in [2.45, 2.75) is 38.8 Å². The maximum Gasteiger partial charge on any atom is 0.315 e. The minimum absolute atomic E-state index is 0.0667. The Morgan fingerprint density at radius 3 is 2.69 bits per heavy atom. The Kier molecular flexibility index (Phi) is 6.55. The number of carbonyl (C=O) groups excluding carboxylic acids is 3. The molecule has 1 aliphatic rings. The second kappa shape index (κ2) is 8.85. The van der Waals surface area contributed by atoms with Crippen molar-refractivity contribution in [3.8, 4) is 6.07 Å². The number of nitriles is 1. The molecule has 2 atom stereocenters. The molecule has 0 saturated carbocycles. The molecular weight excluding hydrogens is 336 g/mol. The van der Waals surface area contributed by atoms with Gasteiger partial charge in [-0.05, 0) is 44.5 Å². The molecule has 1 heterocycles. The first kappa shape index (κ1) is 19.2. The highest BCUT2D eigenvalue weighted by Gasteiger charge is 2.33. The molecule has 138 valence electrons. The van der Waals surface area contributed by atoms with Gasteiger partial charge in [0, 0.05) is 18.3 Å². The van der Waals surface area contributed by atoms with Crippen LogP contribution in [0.2, 0.25) is 0 Å². The molecule has 1 unspecified atom stereocenters. The lowest BCUT2D eigenvalue weighted by Gasteiger charge is -2.18. The van der Waals surface area contributed by atoms with E-state index in [1.807, 2.05) is 6.07 Å². The molecule has 0 spiro atoms. The maximum absolute atomic E-state index is 12.5. The van der Waals surface area contributed by atoms with E-state index in [1.54, 1.807) is 43.0 Å². The molecule has 1 aromatic rings. The van der Waals surface area contributed by atoms with Gasteiger partial charge in [0.05, 0.1) is 24.7 Å². The lowest BCUT2D eigenvalue weighted by Crippen LogP contribution is -2.48. The first-order valence-electron chi connectivity index (χ1n) is 8.48. The third-order valence-corrected chi connectivity index (χ3v) is 3.97. The molecule has 1 saturated heterocycles. The SMILES string of the molecule is CCOC(=O)CC(C)NC(=O)N[C@@H]1CCN(c2ccc(C#N)cc2)C1=O. The average molecular weight is 358 g/mol. The highest BCUT2D eigenvalue weighted by Crippen LogP contribution is 2.22. The lowest BCUT2D eigenvalue weighted by atomic mass is 10.2. The Bertz CT molecular complexity index is 711. The number of benzene rings is 1. The summed E-state index contributed by atoms with van der Waals surface area (Å²) in [4.78, 5) is 37.5. The zero-order valence-corrected chi connectivity index (χ0v) is 14.8. The van der Waals surface area contributed by atoms with Gasteiger partial charge >= 0.3 is 12.0 Å². The number of hydrogen-bond donors (Lipinski definition) is 2. The third kappa shape index (κ3) is 4.96. The van der Waals surface area contributed by atoms with Gasteiger partial charge < -0.3 is 20.3 Å². The minimum Gasteiger partial charge on any atom is -0.466 e. The van der Waals surface area contributed by atoms with Crippen LogP contribution in [0.15, 0.2) is 24.3 Å². The van der Waals surface area contributed by atoms with Gasteiger partial charge in [0.2, 0.25) is 5.91 Å². The number of nitrogens with zero attached hydrogens (tertiary/aromatic N) is 2. The Labute approximate surface area is 152 Å². The van der Waals surface area contributed by atoms with E-state index in [0.717, 1.165) is 0 Å². The lowest BCUT2D eigenvalue weighted by molar-refractivity contribution is -0.143. The quantitative estimate of drug-likeness (QED) is 0.745. The molecule has 0 aromatic heterocycles. The Morgan fingerprint density at radius 1 is 1.38 bits per heavy atom. The molecule has 0 aliphatic carbocycles. The minimum atomic E-state index is -0.625. The molecule has 2 N–H and O–H groups in total. The molecule has 8 heteroatoms. The number of urea groups is 1. The van der Waals surface area contributed by atoms with Crippen LogP contribution in [0.4, 0.5) is 10.5 Å². The average Bonchev–Trinajstić information content (AvgIpc) is 2.95. The van der Waals surface area contributed by atoms with Crippen molar-refractivity contribution in [3.05, 3.63) is 29.8 Å². The van der Waals surface area contributed by atoms with Gasteiger partial charge in [0.25, 0.3) is 0 Å². The summed E-state index contributed by atoms with van der Waals surface area (Å²) < 4.78 is 4.83. The van der Waals surface area contributed by atoms with Crippen molar-refractivity contribution in [1.82, 2.24) is 10.6 Å². The van der Waals surface area contributed by atoms with E-state index in [4.69, 9.17) is 10.00 Å². The predicted octanol–water partition coefficient (Wildman–Crippen LogP) is 1.30. The number of hydrogen-bond acceptors (Lipinski definition) is 5. The van der Waals surface area contributed by atoms with Gasteiger partial charge in [-0.25, -0.2) is 4.79 Å². The van der Waals surface area contributed by atoms with Crippen molar-refractivity contribution in [2.24, 2.45) is 0 Å². The molecule has 1 aliphatic heterocycles. The summed E-state index contributed by atoms with van der Waals surface area (Å²) >= 11 is 0. The van der Waals surface area contributed by atoms with Crippen LogP contribution < -0.4 is 15.5 Å². The fourth-order valence-electron chi connectivity index (χ4n) is 2.73. The maximum atomic E-state index is 12.5. The van der Waals surface area contributed by atoms with Crippen molar-refractivity contribution < 1.29 is 19.1 Å². The van der Waals surface area contributed by atoms with Gasteiger partial charge in [0.15, 0.2) is 0 Å². The topological polar surface area (TPSA) is 112 Å². The second-order valence-corrected chi connectivity index (χ2v) is 6.02. The van der Waals surface area contributed by atoms with E-state index < -0.39 is 18.1 Å². The zero-order chi connectivity index (χ0) is 19.1. The molecule has 26 heavy (non-hydrogen) atoms. The first-order valence-corrected chi connectivity index (χ1v) is 8.48. The van der Waals surface area contributed by atoms with Gasteiger partial charge in [-0.3, -0.25) is 9.59 Å². The molecule has 1 aromatic carbocycles. The molecule has 8 nitrogen and oxygen atoms in total. The zero-order valence-electron chi connectivity index (χ0n) is 14.8. The molecular formula is C18H22N4O4. The fraction of sp³-hybridized carbons (Fsp3) is 0.444. The van der Waals surface area contributed by atoms with E-state index in [9.17, 15) is 14.4 Å². The summed E-state index contributed by atoms with van der Waals surface area (Å²) in [6.07, 6.45) is 0.551. The van der Waals surface area contributed by atoms with Gasteiger partial charge in [-0.2, -0.15) is 5.26 Å². The molecule has 0 bridgehead atoms. The number of carbonyl (C=O) groups is 3. The predicted molar refractivity (Wildman–Crippen MR) is 94.3 cm³/mol. The number of amides is 3. The molecule has 0 radical (unpaired) electrons. The van der Waals surface area contributed by atoms with Crippen LogP contribution in [0.25, 0.3) is 0 Å². The molecule has 1 fully saturated rings. The van der Waals surface area contributed by atoms with Crippen LogP contribution in [-0.2, 0) is 14.3 Å². The Hall–Kier alpha value is -3.08. The van der Waals surface area contributed by atoms with E-state index in [-0.39, 0.29) is 18.3 Å². The van der Waals surface area contributed by atoms with Crippen LogP contribution in [-0.4, -0.2) is 43.1 Å². The molecule has 2 rings (SSSR count). The fourth-order valence-corrected chi connectivity index (χ4v) is 2.73. The van der Waals surface area contributed by atoms with Crippen molar-refractivity contribution in [1.29, 1.82) is 5.26 Å². The highest BCUT2D eigenvalue weighted by molar-refractivity contribution is 6.01. The number of esters is 1. The van der Waals surface area contributed by atoms with Crippen LogP contribution >= 0.6 is 0 Å². The van der Waals surface area contributed by atoms with Crippen molar-refractivity contribution >= 4 is 23.6 Å². The number of ether oxygens (including phenoxy) is 1. The Morgan fingerprint density at radius 2 is 2.08 bits per heavy atom. The summed E-state index contributed by atoms with van der Waals surface area (Å²) in [5, 5.41) is 14.1. The van der Waals surface area contributed by atoms with Crippen LogP contribution in [0, 0.1) is 11.3 Å². The Balaban J connectivity index is 1.86. The summed E-state index contributed by atoms with van der Waals surface area (Å²) in [7, 11) is 0. The number of anilines is 1. The summed E-state index contributed by atoms with van der Waals surface area (Å²) in [6, 6.07) is 7.21. The van der Waals surface area contributed by atoms with E-state index in [1.165, 1.54) is 0 Å². The van der Waals surface area contributed by atoms with Gasteiger partial charge in [-0.15, -0.1) is 0 Å². The largest absolute Gasteiger partial charge is 0.466 e. The second-order valence-electron chi connectivity index (χ2n) is 6.02. The smallest absolute Gasteiger partial charge is 0.315 e. The molecule has 3 amide bonds. The summed E-state index contributed by atoms with van der Waals surface area (Å²) in [5.41, 5.74) is 1.21. The standard InChI is InChI=1S/C18H22N4O4/c1-3-26-16(23)10-12(2)20-18(25)21-15-8-9-22(17(15)24)14-6-4-13(11-19)5-7-14/h4-7,12,15H,3,8-10H2,1-2H3,(H2,20,21,25)/t12?,15-/m1/s1. The van der Waals surface area contributed by atoms with E-state index in [0.29, 0.717) is 30.8 Å². The van der Waals surface area contributed by atoms with Gasteiger partial charge in [-0.1, -0.05) is 0 Å². The van der Waals surface area contributed by atoms with Crippen molar-refractivity contribution in [2.75, 3.05) is 18.1 Å². The van der Waals surface area contributed by atoms with Crippen LogP contribution in [0.3, 0.4) is 0 Å². The highest BCUT2D eigenvalue weighted by atomic mass is 16.5. The first-order chi connectivity index (χ1) is 12.4. The number of rotatable bonds is 6. The van der Waals surface area contributed by atoms with Gasteiger partial charge in [0.1, 0.15) is 6.04 Å². The normalized spacial score (nSPS) is 17.3. The van der Waals surface area contributed by atoms with E-state index >= 15 is 0 Å². The van der Waals surface area contributed by atoms with E-state index in [2.05, 4.69) is 10.6 Å². The van der Waals surface area contributed by atoms with Crippen LogP contribution in [0.1, 0.15) is 32.3 Å². The van der Waals surface area contributed by atoms with Crippen LogP contribution in [0.5, 0.6) is 0 Å². The van der Waals surface area contributed by atoms with Crippen molar-refractivity contribution in [3.63, 3.8) is 0 Å². The monoisotopic (exact) mass is 358 g/mol. The summed E-state index contributed by atoms with van der Waals surface area (Å²) in [5.74, 6) is -0.591. The third-order valence-electron chi connectivity index (χ3n) is 3.97.